The number of likely N-dealkylation sites (tertiary alicyclic amines) is 1. The van der Waals surface area contributed by atoms with Crippen LogP contribution in [0.25, 0.3) is 0 Å². The van der Waals surface area contributed by atoms with E-state index in [2.05, 4.69) is 21.6 Å². The van der Waals surface area contributed by atoms with Gasteiger partial charge in [-0.2, -0.15) is 5.10 Å². The molecule has 0 radical (unpaired) electrons. The summed E-state index contributed by atoms with van der Waals surface area (Å²) < 4.78 is 30.5. The van der Waals surface area contributed by atoms with Crippen molar-refractivity contribution in [1.82, 2.24) is 19.4 Å². The fourth-order valence-electron chi connectivity index (χ4n) is 3.73. The molecule has 1 aliphatic rings. The van der Waals surface area contributed by atoms with E-state index in [0.717, 1.165) is 25.3 Å². The summed E-state index contributed by atoms with van der Waals surface area (Å²) >= 11 is 0. The molecule has 1 saturated heterocycles. The second-order valence-electron chi connectivity index (χ2n) is 7.08. The van der Waals surface area contributed by atoms with E-state index in [1.165, 1.54) is 12.8 Å². The van der Waals surface area contributed by atoms with Crippen LogP contribution in [-0.2, 0) is 29.9 Å². The first-order valence-corrected chi connectivity index (χ1v) is 10.6. The zero-order valence-electron chi connectivity index (χ0n) is 15.7. The normalized spacial score (nSPS) is 21.1. The van der Waals surface area contributed by atoms with Gasteiger partial charge in [-0.25, -0.2) is 13.1 Å². The number of aryl methyl sites for hydroxylation is 2. The zero-order valence-corrected chi connectivity index (χ0v) is 16.5. The molecule has 1 fully saturated rings. The first-order chi connectivity index (χ1) is 11.3. The van der Waals surface area contributed by atoms with Gasteiger partial charge in [0, 0.05) is 26.2 Å². The molecule has 6 nitrogen and oxygen atoms in total. The van der Waals surface area contributed by atoms with Crippen molar-refractivity contribution in [3.05, 3.63) is 11.4 Å². The summed E-state index contributed by atoms with van der Waals surface area (Å²) in [6.45, 7) is 11.0. The fourth-order valence-corrected chi connectivity index (χ4v) is 5.54. The maximum Gasteiger partial charge on any atom is 0.244 e. The zero-order chi connectivity index (χ0) is 17.9. The van der Waals surface area contributed by atoms with Crippen LogP contribution in [0.5, 0.6) is 0 Å². The molecular formula is C17H32N4O2S. The number of sulfonamides is 1. The van der Waals surface area contributed by atoms with E-state index in [1.807, 2.05) is 27.8 Å². The van der Waals surface area contributed by atoms with Crippen molar-refractivity contribution in [3.8, 4) is 0 Å². The third-order valence-corrected chi connectivity index (χ3v) is 6.47. The monoisotopic (exact) mass is 356 g/mol. The molecule has 7 heteroatoms. The van der Waals surface area contributed by atoms with Crippen molar-refractivity contribution in [2.75, 3.05) is 19.6 Å². The first-order valence-electron chi connectivity index (χ1n) is 9.07. The summed E-state index contributed by atoms with van der Waals surface area (Å²) in [5.41, 5.74) is 1.43. The topological polar surface area (TPSA) is 67.2 Å². The number of piperidine rings is 1. The molecule has 0 aromatic carbocycles. The minimum absolute atomic E-state index is 0.116. The number of aromatic nitrogens is 2. The van der Waals surface area contributed by atoms with E-state index in [4.69, 9.17) is 0 Å². The molecule has 1 aromatic heterocycles. The second kappa shape index (κ2) is 7.97. The lowest BCUT2D eigenvalue weighted by Crippen LogP contribution is -2.45. The van der Waals surface area contributed by atoms with E-state index in [1.54, 1.807) is 4.68 Å². The second-order valence-corrected chi connectivity index (χ2v) is 8.73. The Morgan fingerprint density at radius 2 is 2.04 bits per heavy atom. The molecule has 0 spiro atoms. The highest BCUT2D eigenvalue weighted by Crippen LogP contribution is 2.22. The van der Waals surface area contributed by atoms with E-state index in [9.17, 15) is 8.42 Å². The van der Waals surface area contributed by atoms with Gasteiger partial charge in [0.2, 0.25) is 10.0 Å². The van der Waals surface area contributed by atoms with E-state index in [0.29, 0.717) is 29.3 Å². The third-order valence-electron chi connectivity index (χ3n) is 4.75. The van der Waals surface area contributed by atoms with Gasteiger partial charge in [0.25, 0.3) is 0 Å². The standard InChI is InChI=1S/C17H32N4O2S/c1-6-15-17(16(7-2)20(5)18-15)24(22,23)19-14(4)12-21-10-8-9-13(3)11-21/h13-14,19H,6-12H2,1-5H3/t13-,14+/m1/s1. The number of hydrogen-bond donors (Lipinski definition) is 1. The van der Waals surface area contributed by atoms with Crippen molar-refractivity contribution in [2.24, 2.45) is 13.0 Å². The predicted molar refractivity (Wildman–Crippen MR) is 96.6 cm³/mol. The summed E-state index contributed by atoms with van der Waals surface area (Å²) in [4.78, 5) is 2.75. The van der Waals surface area contributed by atoms with Crippen LogP contribution in [0.15, 0.2) is 4.90 Å². The third kappa shape index (κ3) is 4.37. The first kappa shape index (κ1) is 19.4. The Morgan fingerprint density at radius 1 is 1.33 bits per heavy atom. The van der Waals surface area contributed by atoms with Crippen LogP contribution in [0.1, 0.15) is 51.9 Å². The molecule has 0 unspecified atom stereocenters. The number of nitrogens with zero attached hydrogens (tertiary/aromatic N) is 3. The lowest BCUT2D eigenvalue weighted by atomic mass is 10.00. The summed E-state index contributed by atoms with van der Waals surface area (Å²) in [6, 6.07) is -0.116. The Labute approximate surface area is 146 Å². The molecule has 2 heterocycles. The average molecular weight is 357 g/mol. The Bertz CT molecular complexity index is 654. The smallest absolute Gasteiger partial charge is 0.244 e. The molecule has 1 N–H and O–H groups in total. The van der Waals surface area contributed by atoms with Crippen LogP contribution < -0.4 is 4.72 Å². The highest BCUT2D eigenvalue weighted by Gasteiger charge is 2.28. The quantitative estimate of drug-likeness (QED) is 0.811. The molecular weight excluding hydrogens is 324 g/mol. The van der Waals surface area contributed by atoms with Gasteiger partial charge in [-0.1, -0.05) is 20.8 Å². The van der Waals surface area contributed by atoms with Crippen LogP contribution in [0.3, 0.4) is 0 Å². The van der Waals surface area contributed by atoms with Gasteiger partial charge in [0.05, 0.1) is 11.4 Å². The van der Waals surface area contributed by atoms with Crippen molar-refractivity contribution in [3.63, 3.8) is 0 Å². The summed E-state index contributed by atoms with van der Waals surface area (Å²) in [5, 5.41) is 4.39. The Kier molecular flexibility index (Phi) is 6.45. The highest BCUT2D eigenvalue weighted by molar-refractivity contribution is 7.89. The summed E-state index contributed by atoms with van der Waals surface area (Å²) in [7, 11) is -1.73. The molecule has 0 amide bonds. The molecule has 2 rings (SSSR count). The van der Waals surface area contributed by atoms with E-state index >= 15 is 0 Å². The molecule has 0 bridgehead atoms. The van der Waals surface area contributed by atoms with Gasteiger partial charge >= 0.3 is 0 Å². The van der Waals surface area contributed by atoms with Gasteiger partial charge in [-0.15, -0.1) is 0 Å². The lowest BCUT2D eigenvalue weighted by Gasteiger charge is -2.32. The largest absolute Gasteiger partial charge is 0.301 e. The van der Waals surface area contributed by atoms with Crippen LogP contribution in [-0.4, -0.2) is 48.8 Å². The van der Waals surface area contributed by atoms with Crippen molar-refractivity contribution in [1.29, 1.82) is 0 Å². The fraction of sp³-hybridized carbons (Fsp3) is 0.824. The minimum Gasteiger partial charge on any atom is -0.301 e. The average Bonchev–Trinajstić information content (AvgIpc) is 2.83. The Morgan fingerprint density at radius 3 is 2.62 bits per heavy atom. The summed E-state index contributed by atoms with van der Waals surface area (Å²) in [5.74, 6) is 0.694. The van der Waals surface area contributed by atoms with Crippen LogP contribution in [0, 0.1) is 5.92 Å². The highest BCUT2D eigenvalue weighted by atomic mass is 32.2. The Balaban J connectivity index is 2.13. The predicted octanol–water partition coefficient (Wildman–Crippen LogP) is 1.94. The van der Waals surface area contributed by atoms with Gasteiger partial charge < -0.3 is 4.90 Å². The van der Waals surface area contributed by atoms with Crippen LogP contribution in [0.4, 0.5) is 0 Å². The Hall–Kier alpha value is -0.920. The van der Waals surface area contributed by atoms with E-state index in [-0.39, 0.29) is 6.04 Å². The van der Waals surface area contributed by atoms with Gasteiger partial charge in [0.1, 0.15) is 4.90 Å². The molecule has 24 heavy (non-hydrogen) atoms. The number of rotatable bonds is 7. The van der Waals surface area contributed by atoms with E-state index < -0.39 is 10.0 Å². The maximum absolute atomic E-state index is 12.9. The number of hydrogen-bond acceptors (Lipinski definition) is 4. The molecule has 138 valence electrons. The van der Waals surface area contributed by atoms with Gasteiger partial charge in [-0.3, -0.25) is 4.68 Å². The van der Waals surface area contributed by atoms with Crippen LogP contribution in [0.2, 0.25) is 0 Å². The minimum atomic E-state index is -3.55. The van der Waals surface area contributed by atoms with Crippen LogP contribution >= 0.6 is 0 Å². The molecule has 2 atom stereocenters. The number of nitrogens with one attached hydrogen (secondary N) is 1. The molecule has 0 saturated carbocycles. The van der Waals surface area contributed by atoms with Gasteiger partial charge in [-0.05, 0) is 45.1 Å². The van der Waals surface area contributed by atoms with Gasteiger partial charge in [0.15, 0.2) is 0 Å². The van der Waals surface area contributed by atoms with Crippen molar-refractivity contribution >= 4 is 10.0 Å². The molecule has 1 aromatic rings. The molecule has 1 aliphatic heterocycles. The lowest BCUT2D eigenvalue weighted by molar-refractivity contribution is 0.174. The summed E-state index contributed by atoms with van der Waals surface area (Å²) in [6.07, 6.45) is 3.73. The maximum atomic E-state index is 12.9. The van der Waals surface area contributed by atoms with Crippen molar-refractivity contribution in [2.45, 2.75) is 64.3 Å². The SMILES string of the molecule is CCc1nn(C)c(CC)c1S(=O)(=O)N[C@@H](C)CN1CCC[C@@H](C)C1. The van der Waals surface area contributed by atoms with Crippen molar-refractivity contribution < 1.29 is 8.42 Å². The molecule has 0 aliphatic carbocycles.